The van der Waals surface area contributed by atoms with Gasteiger partial charge in [-0.25, -0.2) is 13.4 Å². The highest BCUT2D eigenvalue weighted by molar-refractivity contribution is 7.89. The Labute approximate surface area is 247 Å². The van der Waals surface area contributed by atoms with Crippen molar-refractivity contribution >= 4 is 54.5 Å². The Morgan fingerprint density at radius 2 is 1.76 bits per heavy atom. The third kappa shape index (κ3) is 6.17. The van der Waals surface area contributed by atoms with Crippen molar-refractivity contribution in [3.8, 4) is 5.75 Å². The van der Waals surface area contributed by atoms with Gasteiger partial charge >= 0.3 is 0 Å². The van der Waals surface area contributed by atoms with E-state index in [2.05, 4.69) is 10.1 Å². The number of methoxy groups -OCH3 is 1. The van der Waals surface area contributed by atoms with Crippen LogP contribution in [0.15, 0.2) is 76.7 Å². The van der Waals surface area contributed by atoms with Crippen LogP contribution >= 0.6 is 11.3 Å². The van der Waals surface area contributed by atoms with E-state index < -0.39 is 20.9 Å². The number of anilines is 1. The number of benzene rings is 3. The van der Waals surface area contributed by atoms with Crippen LogP contribution in [0.3, 0.4) is 0 Å². The number of aromatic nitrogens is 1. The molecule has 1 aliphatic carbocycles. The third-order valence-electron chi connectivity index (χ3n) is 7.25. The maximum atomic E-state index is 13.8. The second-order valence-electron chi connectivity index (χ2n) is 9.88. The Hall–Kier alpha value is -4.20. The fourth-order valence-corrected chi connectivity index (χ4v) is 7.17. The molecule has 0 atom stereocenters. The fraction of sp³-hybridized carbons (Fsp3) is 0.276. The second-order valence-corrected chi connectivity index (χ2v) is 12.9. The molecule has 1 aromatic heterocycles. The predicted molar refractivity (Wildman–Crippen MR) is 162 cm³/mol. The van der Waals surface area contributed by atoms with Gasteiger partial charge in [-0.05, 0) is 73.0 Å². The number of amides is 1. The molecule has 0 bridgehead atoms. The molecule has 0 unspecified atom stereocenters. The van der Waals surface area contributed by atoms with Crippen LogP contribution in [0.2, 0.25) is 0 Å². The molecule has 0 N–H and O–H groups in total. The van der Waals surface area contributed by atoms with Crippen LogP contribution in [0.25, 0.3) is 10.2 Å². The van der Waals surface area contributed by atoms with Crippen LogP contribution < -0.4 is 9.75 Å². The average Bonchev–Trinajstić information content (AvgIpc) is 3.44. The van der Waals surface area contributed by atoms with Crippen molar-refractivity contribution in [3.63, 3.8) is 0 Å². The Bertz CT molecular complexity index is 1730. The lowest BCUT2D eigenvalue weighted by atomic mass is 9.96. The van der Waals surface area contributed by atoms with Gasteiger partial charge in [0.05, 0.1) is 33.4 Å². The molecule has 1 amide bonds. The molecule has 0 saturated heterocycles. The van der Waals surface area contributed by atoms with Gasteiger partial charge in [-0.15, -0.1) is 0 Å². The zero-order valence-corrected chi connectivity index (χ0v) is 24.7. The lowest BCUT2D eigenvalue weighted by Crippen LogP contribution is -2.38. The van der Waals surface area contributed by atoms with Crippen molar-refractivity contribution in [2.24, 2.45) is 5.10 Å². The molecule has 0 aliphatic heterocycles. The molecule has 11 nitrogen and oxygen atoms in total. The average molecular weight is 608 g/mol. The minimum atomic E-state index is -3.72. The number of carbonyl (C=O) groups excluding carboxylic acids is 1. The van der Waals surface area contributed by atoms with Gasteiger partial charge in [-0.2, -0.15) is 14.4 Å². The predicted octanol–water partition coefficient (Wildman–Crippen LogP) is 5.85. The summed E-state index contributed by atoms with van der Waals surface area (Å²) in [5.41, 5.74) is 1.33. The second kappa shape index (κ2) is 12.3. The van der Waals surface area contributed by atoms with E-state index in [4.69, 9.17) is 4.74 Å². The van der Waals surface area contributed by atoms with E-state index in [1.165, 1.54) is 70.4 Å². The molecule has 1 heterocycles. The van der Waals surface area contributed by atoms with Crippen LogP contribution in [-0.4, -0.2) is 55.0 Å². The molecule has 1 fully saturated rings. The zero-order chi connectivity index (χ0) is 29.9. The van der Waals surface area contributed by atoms with Gasteiger partial charge in [0.15, 0.2) is 0 Å². The normalized spacial score (nSPS) is 14.5. The van der Waals surface area contributed by atoms with Crippen molar-refractivity contribution in [1.29, 1.82) is 0 Å². The summed E-state index contributed by atoms with van der Waals surface area (Å²) in [7, 11) is -0.553. The van der Waals surface area contributed by atoms with E-state index in [0.29, 0.717) is 16.8 Å². The topological polar surface area (TPSA) is 135 Å². The summed E-state index contributed by atoms with van der Waals surface area (Å²) in [6.45, 7) is 0. The highest BCUT2D eigenvalue weighted by Crippen LogP contribution is 2.33. The maximum Gasteiger partial charge on any atom is 0.280 e. The molecule has 4 aromatic rings. The number of ether oxygens (including phenoxy) is 1. The van der Waals surface area contributed by atoms with Gasteiger partial charge in [0.2, 0.25) is 15.2 Å². The first kappa shape index (κ1) is 29.3. The molecule has 1 saturated carbocycles. The molecule has 0 spiro atoms. The molecule has 13 heteroatoms. The van der Waals surface area contributed by atoms with Gasteiger partial charge in [0.25, 0.3) is 11.6 Å². The summed E-state index contributed by atoms with van der Waals surface area (Å²) in [5, 5.41) is 16.8. The van der Waals surface area contributed by atoms with E-state index in [9.17, 15) is 23.3 Å². The largest absolute Gasteiger partial charge is 0.497 e. The molecule has 5 rings (SSSR count). The summed E-state index contributed by atoms with van der Waals surface area (Å²) < 4.78 is 34.1. The van der Waals surface area contributed by atoms with Gasteiger partial charge < -0.3 is 4.74 Å². The number of nitro groups is 1. The molecule has 42 heavy (non-hydrogen) atoms. The summed E-state index contributed by atoms with van der Waals surface area (Å²) in [6.07, 6.45) is 6.21. The minimum Gasteiger partial charge on any atom is -0.497 e. The van der Waals surface area contributed by atoms with Crippen molar-refractivity contribution in [1.82, 2.24) is 9.29 Å². The first-order valence-electron chi connectivity index (χ1n) is 13.3. The molecule has 218 valence electrons. The molecular formula is C29H29N5O6S2. The molecule has 3 aromatic carbocycles. The summed E-state index contributed by atoms with van der Waals surface area (Å²) >= 11 is 1.23. The van der Waals surface area contributed by atoms with Crippen LogP contribution in [0.5, 0.6) is 5.75 Å². The Kier molecular flexibility index (Phi) is 8.61. The Balaban J connectivity index is 1.46. The van der Waals surface area contributed by atoms with E-state index >= 15 is 0 Å². The van der Waals surface area contributed by atoms with Crippen molar-refractivity contribution in [3.05, 3.63) is 88.0 Å². The smallest absolute Gasteiger partial charge is 0.280 e. The standard InChI is InChI=1S/C29H29N5O6S2/c1-32(22-6-4-3-5-7-22)42(38,39)25-15-10-21(11-16-25)28(35)33(30-19-20-8-12-23(13-9-20)34(36)37)29-31-26-17-14-24(40-2)18-27(26)41-29/h8-19,22H,3-7H2,1-2H3/b30-19+. The highest BCUT2D eigenvalue weighted by atomic mass is 32.2. The summed E-state index contributed by atoms with van der Waals surface area (Å²) in [5.74, 6) is 0.115. The van der Waals surface area contributed by atoms with Crippen molar-refractivity contribution in [2.75, 3.05) is 19.2 Å². The quantitative estimate of drug-likeness (QED) is 0.132. The number of sulfonamides is 1. The highest BCUT2D eigenvalue weighted by Gasteiger charge is 2.29. The van der Waals surface area contributed by atoms with Crippen molar-refractivity contribution in [2.45, 2.75) is 43.0 Å². The van der Waals surface area contributed by atoms with Crippen molar-refractivity contribution < 1.29 is 22.9 Å². The lowest BCUT2D eigenvalue weighted by molar-refractivity contribution is -0.384. The van der Waals surface area contributed by atoms with E-state index in [-0.39, 0.29) is 27.3 Å². The molecular weight excluding hydrogens is 578 g/mol. The van der Waals surface area contributed by atoms with Crippen LogP contribution in [-0.2, 0) is 10.0 Å². The van der Waals surface area contributed by atoms with E-state index in [1.54, 1.807) is 26.3 Å². The monoisotopic (exact) mass is 607 g/mol. The molecule has 0 radical (unpaired) electrons. The van der Waals surface area contributed by atoms with Crippen LogP contribution in [0, 0.1) is 10.1 Å². The number of hydrogen-bond acceptors (Lipinski definition) is 9. The first-order valence-corrected chi connectivity index (χ1v) is 15.6. The number of rotatable bonds is 9. The number of carbonyl (C=O) groups is 1. The third-order valence-corrected chi connectivity index (χ3v) is 10.2. The number of nitrogens with zero attached hydrogens (tertiary/aromatic N) is 5. The lowest BCUT2D eigenvalue weighted by Gasteiger charge is -2.30. The number of hydrazone groups is 1. The Morgan fingerprint density at radius 3 is 2.40 bits per heavy atom. The van der Waals surface area contributed by atoms with Crippen LogP contribution in [0.1, 0.15) is 48.0 Å². The Morgan fingerprint density at radius 1 is 1.07 bits per heavy atom. The molecule has 1 aliphatic rings. The summed E-state index contributed by atoms with van der Waals surface area (Å²) in [4.78, 5) is 29.0. The van der Waals surface area contributed by atoms with Crippen LogP contribution in [0.4, 0.5) is 10.8 Å². The maximum absolute atomic E-state index is 13.8. The number of fused-ring (bicyclic) bond motifs is 1. The fourth-order valence-electron chi connectivity index (χ4n) is 4.80. The van der Waals surface area contributed by atoms with Gasteiger partial charge in [-0.3, -0.25) is 14.9 Å². The van der Waals surface area contributed by atoms with E-state index in [0.717, 1.165) is 41.8 Å². The SMILES string of the molecule is COc1ccc2nc(N(/N=C/c3ccc([N+](=O)[O-])cc3)C(=O)c3ccc(S(=O)(=O)N(C)C4CCCCC4)cc3)sc2c1. The van der Waals surface area contributed by atoms with Gasteiger partial charge in [-0.1, -0.05) is 30.6 Å². The van der Waals surface area contributed by atoms with E-state index in [1.807, 2.05) is 6.07 Å². The van der Waals surface area contributed by atoms with Gasteiger partial charge in [0.1, 0.15) is 5.75 Å². The zero-order valence-electron chi connectivity index (χ0n) is 23.0. The summed E-state index contributed by atoms with van der Waals surface area (Å²) in [6, 6.07) is 16.9. The minimum absolute atomic E-state index is 0.0352. The number of non-ortho nitro benzene ring substituents is 1. The first-order chi connectivity index (χ1) is 20.2. The number of thiazole rings is 1. The number of nitro benzene ring substituents is 1. The van der Waals surface area contributed by atoms with Gasteiger partial charge in [0, 0.05) is 30.8 Å². The number of hydrogen-bond donors (Lipinski definition) is 0.